The van der Waals surface area contributed by atoms with Gasteiger partial charge in [-0.1, -0.05) is 32.0 Å². The fraction of sp³-hybridized carbons (Fsp3) is 0.571. The van der Waals surface area contributed by atoms with Gasteiger partial charge in [0.1, 0.15) is 0 Å². The Morgan fingerprint density at radius 2 is 1.94 bits per heavy atom. The standard InChI is InChI=1S/C14H23NOS/c1-12(2)15-13(7-6-10-16)11-17-14-8-4-3-5-9-14/h3-5,8-9,12-13,15-16H,6-7,10-11H2,1-2H3/t13-/m1/s1. The normalized spacial score (nSPS) is 12.9. The van der Waals surface area contributed by atoms with E-state index in [1.807, 2.05) is 17.8 Å². The van der Waals surface area contributed by atoms with Crippen LogP contribution in [0, 0.1) is 0 Å². The van der Waals surface area contributed by atoms with Gasteiger partial charge in [-0.3, -0.25) is 0 Å². The highest BCUT2D eigenvalue weighted by molar-refractivity contribution is 7.99. The second-order valence-electron chi connectivity index (χ2n) is 4.51. The third-order valence-electron chi connectivity index (χ3n) is 2.47. The van der Waals surface area contributed by atoms with Gasteiger partial charge in [0, 0.05) is 29.3 Å². The molecule has 1 aromatic rings. The summed E-state index contributed by atoms with van der Waals surface area (Å²) >= 11 is 1.88. The van der Waals surface area contributed by atoms with Crippen LogP contribution in [0.5, 0.6) is 0 Å². The third-order valence-corrected chi connectivity index (χ3v) is 3.65. The van der Waals surface area contributed by atoms with E-state index in [-0.39, 0.29) is 6.61 Å². The summed E-state index contributed by atoms with van der Waals surface area (Å²) in [5.74, 6) is 1.06. The average Bonchev–Trinajstić information content (AvgIpc) is 2.33. The van der Waals surface area contributed by atoms with Gasteiger partial charge >= 0.3 is 0 Å². The molecule has 0 spiro atoms. The zero-order chi connectivity index (χ0) is 12.5. The summed E-state index contributed by atoms with van der Waals surface area (Å²) in [5, 5.41) is 12.5. The molecule has 96 valence electrons. The fourth-order valence-electron chi connectivity index (χ4n) is 1.74. The highest BCUT2D eigenvalue weighted by Crippen LogP contribution is 2.19. The lowest BCUT2D eigenvalue weighted by molar-refractivity contribution is 0.275. The van der Waals surface area contributed by atoms with Crippen LogP contribution in [-0.4, -0.2) is 29.5 Å². The molecule has 1 aromatic carbocycles. The Labute approximate surface area is 109 Å². The number of nitrogens with one attached hydrogen (secondary N) is 1. The minimum atomic E-state index is 0.284. The van der Waals surface area contributed by atoms with E-state index < -0.39 is 0 Å². The van der Waals surface area contributed by atoms with E-state index in [1.54, 1.807) is 0 Å². The number of benzene rings is 1. The second-order valence-corrected chi connectivity index (χ2v) is 5.60. The van der Waals surface area contributed by atoms with Crippen LogP contribution in [0.3, 0.4) is 0 Å². The lowest BCUT2D eigenvalue weighted by atomic mass is 10.1. The molecule has 2 nitrogen and oxygen atoms in total. The van der Waals surface area contributed by atoms with Crippen molar-refractivity contribution in [1.29, 1.82) is 0 Å². The van der Waals surface area contributed by atoms with E-state index in [9.17, 15) is 0 Å². The van der Waals surface area contributed by atoms with Crippen LogP contribution in [0.2, 0.25) is 0 Å². The van der Waals surface area contributed by atoms with Gasteiger partial charge in [-0.2, -0.15) is 0 Å². The molecule has 0 aliphatic carbocycles. The summed E-state index contributed by atoms with van der Waals surface area (Å²) in [6.45, 7) is 4.62. The quantitative estimate of drug-likeness (QED) is 0.699. The predicted octanol–water partition coefficient (Wildman–Crippen LogP) is 2.92. The van der Waals surface area contributed by atoms with Crippen LogP contribution in [0.25, 0.3) is 0 Å². The summed E-state index contributed by atoms with van der Waals surface area (Å²) in [6, 6.07) is 11.4. The first-order valence-electron chi connectivity index (χ1n) is 6.27. The molecule has 0 radical (unpaired) electrons. The Morgan fingerprint density at radius 3 is 2.53 bits per heavy atom. The lowest BCUT2D eigenvalue weighted by Gasteiger charge is -2.20. The van der Waals surface area contributed by atoms with Gasteiger partial charge in [-0.25, -0.2) is 0 Å². The maximum absolute atomic E-state index is 8.90. The maximum atomic E-state index is 8.90. The molecule has 3 heteroatoms. The van der Waals surface area contributed by atoms with Crippen LogP contribution in [0.4, 0.5) is 0 Å². The Kier molecular flexibility index (Phi) is 7.33. The molecule has 1 atom stereocenters. The topological polar surface area (TPSA) is 32.3 Å². The Balaban J connectivity index is 2.37. The number of rotatable bonds is 8. The molecule has 0 aromatic heterocycles. The highest BCUT2D eigenvalue weighted by Gasteiger charge is 2.09. The van der Waals surface area contributed by atoms with Crippen molar-refractivity contribution in [3.63, 3.8) is 0 Å². The van der Waals surface area contributed by atoms with Crippen molar-refractivity contribution >= 4 is 11.8 Å². The second kappa shape index (κ2) is 8.56. The van der Waals surface area contributed by atoms with Gasteiger partial charge in [-0.15, -0.1) is 11.8 Å². The molecular formula is C14H23NOS. The van der Waals surface area contributed by atoms with Crippen LogP contribution in [-0.2, 0) is 0 Å². The molecule has 17 heavy (non-hydrogen) atoms. The van der Waals surface area contributed by atoms with Crippen molar-refractivity contribution in [2.75, 3.05) is 12.4 Å². The number of hydrogen-bond acceptors (Lipinski definition) is 3. The summed E-state index contributed by atoms with van der Waals surface area (Å²) < 4.78 is 0. The Morgan fingerprint density at radius 1 is 1.24 bits per heavy atom. The summed E-state index contributed by atoms with van der Waals surface area (Å²) in [5.41, 5.74) is 0. The van der Waals surface area contributed by atoms with E-state index in [4.69, 9.17) is 5.11 Å². The summed E-state index contributed by atoms with van der Waals surface area (Å²) in [6.07, 6.45) is 1.91. The van der Waals surface area contributed by atoms with Crippen LogP contribution in [0.15, 0.2) is 35.2 Å². The average molecular weight is 253 g/mol. The molecule has 0 fully saturated rings. The van der Waals surface area contributed by atoms with Crippen molar-refractivity contribution in [3.05, 3.63) is 30.3 Å². The van der Waals surface area contributed by atoms with Crippen LogP contribution >= 0.6 is 11.8 Å². The smallest absolute Gasteiger partial charge is 0.0431 e. The van der Waals surface area contributed by atoms with Crippen LogP contribution < -0.4 is 5.32 Å². The van der Waals surface area contributed by atoms with Gasteiger partial charge in [0.15, 0.2) is 0 Å². The Bertz CT molecular complexity index is 290. The molecule has 0 aliphatic heterocycles. The summed E-state index contributed by atoms with van der Waals surface area (Å²) in [4.78, 5) is 1.31. The molecule has 2 N–H and O–H groups in total. The van der Waals surface area contributed by atoms with E-state index >= 15 is 0 Å². The summed E-state index contributed by atoms with van der Waals surface area (Å²) in [7, 11) is 0. The zero-order valence-corrected chi connectivity index (χ0v) is 11.5. The minimum Gasteiger partial charge on any atom is -0.396 e. The van der Waals surface area contributed by atoms with Crippen LogP contribution in [0.1, 0.15) is 26.7 Å². The first-order chi connectivity index (χ1) is 8.22. The monoisotopic (exact) mass is 253 g/mol. The van der Waals surface area contributed by atoms with Gasteiger partial charge < -0.3 is 10.4 Å². The maximum Gasteiger partial charge on any atom is 0.0431 e. The first-order valence-corrected chi connectivity index (χ1v) is 7.25. The number of aliphatic hydroxyl groups excluding tert-OH is 1. The van der Waals surface area contributed by atoms with Crippen molar-refractivity contribution < 1.29 is 5.11 Å². The van der Waals surface area contributed by atoms with Gasteiger partial charge in [0.05, 0.1) is 0 Å². The van der Waals surface area contributed by atoms with Crippen molar-refractivity contribution in [2.24, 2.45) is 0 Å². The first kappa shape index (κ1) is 14.6. The highest BCUT2D eigenvalue weighted by atomic mass is 32.2. The SMILES string of the molecule is CC(C)N[C@H](CCCO)CSc1ccccc1. The van der Waals surface area contributed by atoms with Crippen molar-refractivity contribution in [3.8, 4) is 0 Å². The number of hydrogen-bond donors (Lipinski definition) is 2. The van der Waals surface area contributed by atoms with Gasteiger partial charge in [0.2, 0.25) is 0 Å². The van der Waals surface area contributed by atoms with Crippen molar-refractivity contribution in [1.82, 2.24) is 5.32 Å². The molecule has 1 rings (SSSR count). The molecule has 0 unspecified atom stereocenters. The van der Waals surface area contributed by atoms with Crippen molar-refractivity contribution in [2.45, 2.75) is 43.7 Å². The molecule has 0 aliphatic rings. The largest absolute Gasteiger partial charge is 0.396 e. The third kappa shape index (κ3) is 6.71. The predicted molar refractivity (Wildman–Crippen MR) is 75.5 cm³/mol. The molecule has 0 amide bonds. The lowest BCUT2D eigenvalue weighted by Crippen LogP contribution is -2.36. The van der Waals surface area contributed by atoms with E-state index in [1.165, 1.54) is 4.90 Å². The molecule has 0 saturated heterocycles. The zero-order valence-electron chi connectivity index (χ0n) is 10.7. The Hall–Kier alpha value is -0.510. The van der Waals surface area contributed by atoms with E-state index in [0.29, 0.717) is 12.1 Å². The van der Waals surface area contributed by atoms with E-state index in [0.717, 1.165) is 18.6 Å². The molecular weight excluding hydrogens is 230 g/mol. The fourth-order valence-corrected chi connectivity index (χ4v) is 2.74. The molecule has 0 bridgehead atoms. The van der Waals surface area contributed by atoms with Gasteiger partial charge in [0.25, 0.3) is 0 Å². The minimum absolute atomic E-state index is 0.284. The molecule has 0 saturated carbocycles. The molecule has 0 heterocycles. The number of aliphatic hydroxyl groups is 1. The van der Waals surface area contributed by atoms with E-state index in [2.05, 4.69) is 43.4 Å². The number of thioether (sulfide) groups is 1. The van der Waals surface area contributed by atoms with Gasteiger partial charge in [-0.05, 0) is 25.0 Å².